The number of anilines is 1. The molecular weight excluding hydrogens is 388 g/mol. The summed E-state index contributed by atoms with van der Waals surface area (Å²) in [6, 6.07) is 10.8. The number of allylic oxidation sites excluding steroid dienone is 1. The van der Waals surface area contributed by atoms with Gasteiger partial charge in [0.25, 0.3) is 5.91 Å². The van der Waals surface area contributed by atoms with E-state index in [4.69, 9.17) is 9.15 Å². The number of amides is 1. The molecule has 0 saturated carbocycles. The average molecular weight is 402 g/mol. The van der Waals surface area contributed by atoms with Gasteiger partial charge in [0.15, 0.2) is 11.5 Å². The third-order valence-corrected chi connectivity index (χ3v) is 4.74. The lowest BCUT2D eigenvalue weighted by Crippen LogP contribution is -2.10. The molecule has 0 fully saturated rings. The third-order valence-electron chi connectivity index (χ3n) is 4.74. The summed E-state index contributed by atoms with van der Waals surface area (Å²) in [5.74, 6) is -1.12. The van der Waals surface area contributed by atoms with Gasteiger partial charge in [-0.1, -0.05) is 0 Å². The number of benzene rings is 2. The second-order valence-corrected chi connectivity index (χ2v) is 6.71. The lowest BCUT2D eigenvalue weighted by molar-refractivity contribution is 0.0993. The number of carbonyl (C=O) groups is 2. The first-order valence-electron chi connectivity index (χ1n) is 8.96. The quantitative estimate of drug-likeness (QED) is 0.383. The lowest BCUT2D eigenvalue weighted by Gasteiger charge is -2.04. The molecule has 0 atom stereocenters. The Balaban J connectivity index is 1.49. The van der Waals surface area contributed by atoms with Crippen molar-refractivity contribution in [2.24, 2.45) is 0 Å². The Morgan fingerprint density at radius 1 is 1.13 bits per heavy atom. The van der Waals surface area contributed by atoms with E-state index >= 15 is 0 Å². The highest BCUT2D eigenvalue weighted by Gasteiger charge is 2.31. The monoisotopic (exact) mass is 402 g/mol. The molecule has 3 heterocycles. The van der Waals surface area contributed by atoms with E-state index in [0.717, 1.165) is 17.0 Å². The van der Waals surface area contributed by atoms with Crippen LogP contribution in [0.4, 0.5) is 5.69 Å². The SMILES string of the molecule is O=C(Nc1ccc2[nH]cc(/C=C3/Oc4cc(O)cc(O)c4C3=O)c2c1)c1ccco1. The minimum absolute atomic E-state index is 0.00490. The molecule has 0 radical (unpaired) electrons. The molecule has 2 aromatic carbocycles. The van der Waals surface area contributed by atoms with Crippen LogP contribution in [0.2, 0.25) is 0 Å². The Hall–Kier alpha value is -4.46. The fourth-order valence-corrected chi connectivity index (χ4v) is 3.36. The second-order valence-electron chi connectivity index (χ2n) is 6.71. The van der Waals surface area contributed by atoms with Gasteiger partial charge in [-0.25, -0.2) is 0 Å². The first-order chi connectivity index (χ1) is 14.5. The number of aromatic nitrogens is 1. The van der Waals surface area contributed by atoms with Crippen molar-refractivity contribution in [2.45, 2.75) is 0 Å². The van der Waals surface area contributed by atoms with E-state index < -0.39 is 5.78 Å². The molecule has 1 aliphatic heterocycles. The summed E-state index contributed by atoms with van der Waals surface area (Å²) < 4.78 is 10.6. The molecule has 2 aromatic heterocycles. The number of ether oxygens (including phenoxy) is 1. The predicted octanol–water partition coefficient (Wildman–Crippen LogP) is 4.04. The average Bonchev–Trinajstić information content (AvgIpc) is 3.43. The summed E-state index contributed by atoms with van der Waals surface area (Å²) in [6.45, 7) is 0. The number of aromatic hydroxyl groups is 2. The van der Waals surface area contributed by atoms with Crippen molar-refractivity contribution in [1.82, 2.24) is 4.98 Å². The molecule has 5 rings (SSSR count). The van der Waals surface area contributed by atoms with Crippen LogP contribution in [0.5, 0.6) is 17.2 Å². The second kappa shape index (κ2) is 6.56. The van der Waals surface area contributed by atoms with Crippen LogP contribution in [0.3, 0.4) is 0 Å². The summed E-state index contributed by atoms with van der Waals surface area (Å²) in [4.78, 5) is 27.9. The predicted molar refractivity (Wildman–Crippen MR) is 108 cm³/mol. The minimum Gasteiger partial charge on any atom is -0.508 e. The van der Waals surface area contributed by atoms with E-state index in [1.54, 1.807) is 36.5 Å². The van der Waals surface area contributed by atoms with Gasteiger partial charge in [-0.15, -0.1) is 0 Å². The zero-order chi connectivity index (χ0) is 20.8. The summed E-state index contributed by atoms with van der Waals surface area (Å²) in [5, 5.41) is 23.1. The number of hydrogen-bond acceptors (Lipinski definition) is 6. The van der Waals surface area contributed by atoms with E-state index in [2.05, 4.69) is 10.3 Å². The van der Waals surface area contributed by atoms with Crippen molar-refractivity contribution < 1.29 is 29.0 Å². The molecular formula is C22H14N2O6. The van der Waals surface area contributed by atoms with Crippen LogP contribution < -0.4 is 10.1 Å². The number of furan rings is 1. The molecule has 4 aromatic rings. The van der Waals surface area contributed by atoms with Gasteiger partial charge >= 0.3 is 0 Å². The maximum absolute atomic E-state index is 12.6. The van der Waals surface area contributed by atoms with Gasteiger partial charge in [-0.3, -0.25) is 9.59 Å². The van der Waals surface area contributed by atoms with Crippen molar-refractivity contribution in [3.8, 4) is 17.2 Å². The fourth-order valence-electron chi connectivity index (χ4n) is 3.36. The van der Waals surface area contributed by atoms with Crippen molar-refractivity contribution in [3.63, 3.8) is 0 Å². The van der Waals surface area contributed by atoms with Crippen LogP contribution in [0.1, 0.15) is 26.5 Å². The molecule has 0 bridgehead atoms. The Morgan fingerprint density at radius 3 is 2.80 bits per heavy atom. The number of fused-ring (bicyclic) bond motifs is 2. The van der Waals surface area contributed by atoms with Crippen LogP contribution in [0.15, 0.2) is 65.1 Å². The number of phenolic OH excluding ortho intramolecular Hbond substituents is 2. The molecule has 30 heavy (non-hydrogen) atoms. The van der Waals surface area contributed by atoms with Gasteiger partial charge in [0.2, 0.25) is 5.78 Å². The van der Waals surface area contributed by atoms with Gasteiger partial charge in [0.05, 0.1) is 6.26 Å². The zero-order valence-electron chi connectivity index (χ0n) is 15.3. The Bertz CT molecular complexity index is 1350. The highest BCUT2D eigenvalue weighted by molar-refractivity contribution is 6.17. The molecule has 4 N–H and O–H groups in total. The number of rotatable bonds is 3. The number of carbonyl (C=O) groups excluding carboxylic acids is 2. The molecule has 1 aliphatic rings. The van der Waals surface area contributed by atoms with Crippen LogP contribution in [0, 0.1) is 0 Å². The number of ketones is 1. The number of aromatic amines is 1. The number of phenols is 2. The van der Waals surface area contributed by atoms with Crippen molar-refractivity contribution in [2.75, 3.05) is 5.32 Å². The van der Waals surface area contributed by atoms with E-state index in [1.807, 2.05) is 0 Å². The van der Waals surface area contributed by atoms with E-state index in [-0.39, 0.29) is 40.2 Å². The van der Waals surface area contributed by atoms with Crippen LogP contribution >= 0.6 is 0 Å². The first kappa shape index (κ1) is 17.6. The topological polar surface area (TPSA) is 125 Å². The van der Waals surface area contributed by atoms with Gasteiger partial charge < -0.3 is 29.7 Å². The molecule has 0 spiro atoms. The largest absolute Gasteiger partial charge is 0.508 e. The van der Waals surface area contributed by atoms with E-state index in [1.165, 1.54) is 18.4 Å². The molecule has 148 valence electrons. The molecule has 0 saturated heterocycles. The number of nitrogens with one attached hydrogen (secondary N) is 2. The highest BCUT2D eigenvalue weighted by atomic mass is 16.5. The summed E-state index contributed by atoms with van der Waals surface area (Å²) in [7, 11) is 0. The Morgan fingerprint density at radius 2 is 2.00 bits per heavy atom. The summed E-state index contributed by atoms with van der Waals surface area (Å²) in [6.07, 6.45) is 4.66. The van der Waals surface area contributed by atoms with Crippen molar-refractivity contribution in [3.05, 3.63) is 77.6 Å². The van der Waals surface area contributed by atoms with E-state index in [0.29, 0.717) is 11.3 Å². The van der Waals surface area contributed by atoms with Crippen LogP contribution in [0.25, 0.3) is 17.0 Å². The number of hydrogen-bond donors (Lipinski definition) is 4. The van der Waals surface area contributed by atoms with Crippen molar-refractivity contribution >= 4 is 34.4 Å². The highest BCUT2D eigenvalue weighted by Crippen LogP contribution is 2.41. The third kappa shape index (κ3) is 2.87. The number of H-pyrrole nitrogens is 1. The van der Waals surface area contributed by atoms with Gasteiger partial charge in [0.1, 0.15) is 22.8 Å². The first-order valence-corrected chi connectivity index (χ1v) is 8.96. The minimum atomic E-state index is -0.487. The van der Waals surface area contributed by atoms with E-state index in [9.17, 15) is 19.8 Å². The van der Waals surface area contributed by atoms with Crippen LogP contribution in [-0.4, -0.2) is 26.9 Å². The van der Waals surface area contributed by atoms with Gasteiger partial charge in [-0.05, 0) is 36.4 Å². The standard InChI is InChI=1S/C22H14N2O6/c25-13-8-16(26)20-18(9-13)30-19(21(20)27)6-11-10-23-15-4-3-12(7-14(11)15)24-22(28)17-2-1-5-29-17/h1-10,23,25-26H,(H,24,28)/b19-6+. The molecule has 1 amide bonds. The van der Waals surface area contributed by atoms with Crippen LogP contribution in [-0.2, 0) is 0 Å². The maximum atomic E-state index is 12.6. The molecule has 8 nitrogen and oxygen atoms in total. The fraction of sp³-hybridized carbons (Fsp3) is 0. The molecule has 8 heteroatoms. The number of Topliss-reactive ketones (excluding diaryl/α,β-unsaturated/α-hetero) is 1. The zero-order valence-corrected chi connectivity index (χ0v) is 15.3. The smallest absolute Gasteiger partial charge is 0.291 e. The lowest BCUT2D eigenvalue weighted by atomic mass is 10.1. The normalized spacial score (nSPS) is 14.1. The summed E-state index contributed by atoms with van der Waals surface area (Å²) in [5.41, 5.74) is 2.00. The maximum Gasteiger partial charge on any atom is 0.291 e. The van der Waals surface area contributed by atoms with Gasteiger partial charge in [-0.2, -0.15) is 0 Å². The molecule has 0 unspecified atom stereocenters. The summed E-state index contributed by atoms with van der Waals surface area (Å²) >= 11 is 0. The Labute approximate surface area is 169 Å². The van der Waals surface area contributed by atoms with Gasteiger partial charge in [0, 0.05) is 40.5 Å². The Kier molecular flexibility index (Phi) is 3.85. The van der Waals surface area contributed by atoms with Crippen molar-refractivity contribution in [1.29, 1.82) is 0 Å². The molecule has 0 aliphatic carbocycles.